The van der Waals surface area contributed by atoms with Crippen LogP contribution in [0.5, 0.6) is 0 Å². The summed E-state index contributed by atoms with van der Waals surface area (Å²) in [5, 5.41) is 6.21. The number of hydrogen-bond acceptors (Lipinski definition) is 3. The maximum Gasteiger partial charge on any atom is 0.242 e. The van der Waals surface area contributed by atoms with Crippen molar-refractivity contribution in [3.63, 3.8) is 0 Å². The molecule has 2 amide bonds. The lowest BCUT2D eigenvalue weighted by Crippen LogP contribution is -2.55. The summed E-state index contributed by atoms with van der Waals surface area (Å²) in [7, 11) is 0. The average Bonchev–Trinajstić information content (AvgIpc) is 2.72. The Hall–Kier alpha value is -1.10. The molecule has 0 bridgehead atoms. The van der Waals surface area contributed by atoms with Crippen LogP contribution in [-0.4, -0.2) is 48.4 Å². The van der Waals surface area contributed by atoms with Crippen molar-refractivity contribution in [1.29, 1.82) is 0 Å². The Labute approximate surface area is 108 Å². The molecule has 18 heavy (non-hydrogen) atoms. The number of nitrogens with one attached hydrogen (secondary N) is 2. The summed E-state index contributed by atoms with van der Waals surface area (Å²) in [6, 6.07) is 0. The molecular weight excluding hydrogens is 230 g/mol. The number of rotatable bonds is 3. The van der Waals surface area contributed by atoms with Gasteiger partial charge in [-0.05, 0) is 25.8 Å². The van der Waals surface area contributed by atoms with E-state index in [1.165, 1.54) is 0 Å². The molecule has 2 heterocycles. The Bertz CT molecular complexity index is 324. The molecule has 2 saturated heterocycles. The minimum Gasteiger partial charge on any atom is -0.354 e. The van der Waals surface area contributed by atoms with E-state index in [4.69, 9.17) is 0 Å². The number of carbonyl (C=O) groups is 2. The molecule has 0 aromatic rings. The molecule has 5 nitrogen and oxygen atoms in total. The van der Waals surface area contributed by atoms with E-state index in [-0.39, 0.29) is 17.4 Å². The lowest BCUT2D eigenvalue weighted by Gasteiger charge is -2.33. The number of carbonyl (C=O) groups excluding carboxylic acids is 2. The summed E-state index contributed by atoms with van der Waals surface area (Å²) in [6.45, 7) is 4.81. The lowest BCUT2D eigenvalue weighted by atomic mass is 9.90. The molecule has 2 fully saturated rings. The van der Waals surface area contributed by atoms with Crippen LogP contribution in [0.4, 0.5) is 0 Å². The molecule has 1 unspecified atom stereocenters. The zero-order valence-electron chi connectivity index (χ0n) is 11.1. The van der Waals surface area contributed by atoms with Crippen LogP contribution in [0.2, 0.25) is 0 Å². The van der Waals surface area contributed by atoms with Crippen molar-refractivity contribution in [2.24, 2.45) is 0 Å². The SMILES string of the molecule is CCCC1(C(=O)N2CCNC(=O)CC2)CCCN1. The van der Waals surface area contributed by atoms with Gasteiger partial charge < -0.3 is 15.5 Å². The van der Waals surface area contributed by atoms with Crippen LogP contribution in [0.3, 0.4) is 0 Å². The second kappa shape index (κ2) is 5.69. The normalized spacial score (nSPS) is 28.9. The molecule has 2 aliphatic rings. The Kier molecular flexibility index (Phi) is 4.22. The summed E-state index contributed by atoms with van der Waals surface area (Å²) in [5.41, 5.74) is -0.359. The molecule has 0 aromatic carbocycles. The molecule has 0 spiro atoms. The highest BCUT2D eigenvalue weighted by atomic mass is 16.2. The molecule has 0 aliphatic carbocycles. The lowest BCUT2D eigenvalue weighted by molar-refractivity contribution is -0.138. The molecule has 2 N–H and O–H groups in total. The van der Waals surface area contributed by atoms with Crippen LogP contribution in [0.1, 0.15) is 39.0 Å². The third kappa shape index (κ3) is 2.66. The van der Waals surface area contributed by atoms with Crippen molar-refractivity contribution < 1.29 is 9.59 Å². The fourth-order valence-electron chi connectivity index (χ4n) is 3.01. The summed E-state index contributed by atoms with van der Waals surface area (Å²) < 4.78 is 0. The third-order valence-corrected chi connectivity index (χ3v) is 3.93. The van der Waals surface area contributed by atoms with Crippen molar-refractivity contribution in [2.75, 3.05) is 26.2 Å². The van der Waals surface area contributed by atoms with Gasteiger partial charge in [-0.3, -0.25) is 9.59 Å². The second-order valence-corrected chi connectivity index (χ2v) is 5.25. The van der Waals surface area contributed by atoms with Crippen LogP contribution in [0.25, 0.3) is 0 Å². The summed E-state index contributed by atoms with van der Waals surface area (Å²) in [5.74, 6) is 0.243. The van der Waals surface area contributed by atoms with Crippen LogP contribution in [0.15, 0.2) is 0 Å². The van der Waals surface area contributed by atoms with E-state index < -0.39 is 0 Å². The van der Waals surface area contributed by atoms with Gasteiger partial charge >= 0.3 is 0 Å². The molecule has 2 aliphatic heterocycles. The average molecular weight is 253 g/mol. The number of hydrogen-bond donors (Lipinski definition) is 2. The molecule has 5 heteroatoms. The molecule has 1 atom stereocenters. The molecule has 0 aromatic heterocycles. The molecule has 2 rings (SSSR count). The highest BCUT2D eigenvalue weighted by molar-refractivity contribution is 5.87. The minimum absolute atomic E-state index is 0.0502. The first-order valence-electron chi connectivity index (χ1n) is 6.99. The highest BCUT2D eigenvalue weighted by Crippen LogP contribution is 2.27. The first-order valence-corrected chi connectivity index (χ1v) is 6.99. The van der Waals surface area contributed by atoms with Crippen molar-refractivity contribution >= 4 is 11.8 Å². The van der Waals surface area contributed by atoms with Crippen LogP contribution < -0.4 is 10.6 Å². The van der Waals surface area contributed by atoms with Gasteiger partial charge in [-0.15, -0.1) is 0 Å². The van der Waals surface area contributed by atoms with Gasteiger partial charge in [0.2, 0.25) is 11.8 Å². The number of nitrogens with zero attached hydrogens (tertiary/aromatic N) is 1. The van der Waals surface area contributed by atoms with E-state index in [1.54, 1.807) is 0 Å². The van der Waals surface area contributed by atoms with Gasteiger partial charge in [0.1, 0.15) is 0 Å². The van der Waals surface area contributed by atoms with Crippen LogP contribution in [-0.2, 0) is 9.59 Å². The van der Waals surface area contributed by atoms with Gasteiger partial charge in [-0.25, -0.2) is 0 Å². The monoisotopic (exact) mass is 253 g/mol. The van der Waals surface area contributed by atoms with Gasteiger partial charge in [-0.1, -0.05) is 13.3 Å². The van der Waals surface area contributed by atoms with Crippen molar-refractivity contribution in [3.05, 3.63) is 0 Å². The Balaban J connectivity index is 2.05. The van der Waals surface area contributed by atoms with E-state index in [1.807, 2.05) is 4.90 Å². The second-order valence-electron chi connectivity index (χ2n) is 5.25. The Morgan fingerprint density at radius 3 is 2.89 bits per heavy atom. The predicted molar refractivity (Wildman–Crippen MR) is 69.1 cm³/mol. The topological polar surface area (TPSA) is 61.4 Å². The predicted octanol–water partition coefficient (Wildman–Crippen LogP) is 0.257. The molecule has 0 radical (unpaired) electrons. The van der Waals surface area contributed by atoms with Gasteiger partial charge in [0.15, 0.2) is 0 Å². The molecular formula is C13H23N3O2. The first-order chi connectivity index (χ1) is 8.68. The largest absolute Gasteiger partial charge is 0.354 e. The van der Waals surface area contributed by atoms with E-state index in [9.17, 15) is 9.59 Å². The van der Waals surface area contributed by atoms with Gasteiger partial charge in [0.25, 0.3) is 0 Å². The van der Waals surface area contributed by atoms with E-state index in [0.717, 1.165) is 32.2 Å². The fraction of sp³-hybridized carbons (Fsp3) is 0.846. The quantitative estimate of drug-likeness (QED) is 0.758. The maximum atomic E-state index is 12.7. The molecule has 102 valence electrons. The van der Waals surface area contributed by atoms with Crippen molar-refractivity contribution in [3.8, 4) is 0 Å². The van der Waals surface area contributed by atoms with Gasteiger partial charge in [0, 0.05) is 26.1 Å². The van der Waals surface area contributed by atoms with E-state index >= 15 is 0 Å². The molecule has 0 saturated carbocycles. The van der Waals surface area contributed by atoms with Crippen molar-refractivity contribution in [2.45, 2.75) is 44.6 Å². The fourth-order valence-corrected chi connectivity index (χ4v) is 3.01. The zero-order chi connectivity index (χ0) is 13.0. The zero-order valence-corrected chi connectivity index (χ0v) is 11.1. The summed E-state index contributed by atoms with van der Waals surface area (Å²) in [4.78, 5) is 25.9. The van der Waals surface area contributed by atoms with E-state index in [0.29, 0.717) is 26.1 Å². The minimum atomic E-state index is -0.359. The first kappa shape index (κ1) is 13.3. The Morgan fingerprint density at radius 2 is 2.22 bits per heavy atom. The Morgan fingerprint density at radius 1 is 1.39 bits per heavy atom. The standard InChI is InChI=1S/C13H23N3O2/c1-2-5-13(6-3-7-15-13)12(18)16-9-4-11(17)14-8-10-16/h15H,2-10H2,1H3,(H,14,17). The smallest absolute Gasteiger partial charge is 0.242 e. The number of amides is 2. The summed E-state index contributed by atoms with van der Waals surface area (Å²) >= 11 is 0. The van der Waals surface area contributed by atoms with Gasteiger partial charge in [0.05, 0.1) is 5.54 Å². The maximum absolute atomic E-state index is 12.7. The van der Waals surface area contributed by atoms with Gasteiger partial charge in [-0.2, -0.15) is 0 Å². The van der Waals surface area contributed by atoms with E-state index in [2.05, 4.69) is 17.6 Å². The summed E-state index contributed by atoms with van der Waals surface area (Å²) in [6.07, 6.45) is 4.32. The third-order valence-electron chi connectivity index (χ3n) is 3.93. The van der Waals surface area contributed by atoms with Crippen molar-refractivity contribution in [1.82, 2.24) is 15.5 Å². The van der Waals surface area contributed by atoms with Crippen LogP contribution >= 0.6 is 0 Å². The van der Waals surface area contributed by atoms with Crippen LogP contribution in [0, 0.1) is 0 Å². The highest BCUT2D eigenvalue weighted by Gasteiger charge is 2.42.